The van der Waals surface area contributed by atoms with Crippen molar-refractivity contribution in [3.05, 3.63) is 35.4 Å². The summed E-state index contributed by atoms with van der Waals surface area (Å²) in [7, 11) is 0. The zero-order chi connectivity index (χ0) is 14.6. The number of halogens is 1. The van der Waals surface area contributed by atoms with E-state index in [9.17, 15) is 0 Å². The molecule has 0 aromatic heterocycles. The van der Waals surface area contributed by atoms with Crippen molar-refractivity contribution >= 4 is 15.9 Å². The van der Waals surface area contributed by atoms with E-state index in [2.05, 4.69) is 61.0 Å². The van der Waals surface area contributed by atoms with Crippen molar-refractivity contribution in [2.24, 2.45) is 5.92 Å². The Kier molecular flexibility index (Phi) is 5.72. The molecule has 1 aromatic carbocycles. The highest BCUT2D eigenvalue weighted by molar-refractivity contribution is 9.09. The molecule has 1 saturated carbocycles. The Hall–Kier alpha value is -0.300. The van der Waals surface area contributed by atoms with E-state index >= 15 is 0 Å². The molecule has 1 aliphatic rings. The van der Waals surface area contributed by atoms with Crippen LogP contribution in [-0.2, 0) is 5.41 Å². The number of hydrogen-bond acceptors (Lipinski definition) is 0. The molecule has 2 rings (SSSR count). The normalized spacial score (nSPS) is 19.6. The summed E-state index contributed by atoms with van der Waals surface area (Å²) in [5.41, 5.74) is 3.12. The van der Waals surface area contributed by atoms with Gasteiger partial charge in [-0.3, -0.25) is 0 Å². The van der Waals surface area contributed by atoms with Crippen LogP contribution in [0, 0.1) is 5.92 Å². The van der Waals surface area contributed by atoms with Crippen molar-refractivity contribution in [3.63, 3.8) is 0 Å². The molecule has 0 saturated heterocycles. The van der Waals surface area contributed by atoms with Gasteiger partial charge in [0, 0.05) is 4.83 Å². The molecular weight excluding hydrogens is 308 g/mol. The fraction of sp³-hybridized carbons (Fsp3) is 0.684. The van der Waals surface area contributed by atoms with E-state index < -0.39 is 0 Å². The molecule has 1 aliphatic carbocycles. The lowest BCUT2D eigenvalue weighted by Gasteiger charge is -2.21. The molecule has 1 unspecified atom stereocenters. The summed E-state index contributed by atoms with van der Waals surface area (Å²) in [6.07, 6.45) is 9.94. The summed E-state index contributed by atoms with van der Waals surface area (Å²) in [5.74, 6) is 0.921. The van der Waals surface area contributed by atoms with Crippen molar-refractivity contribution in [2.45, 2.75) is 76.0 Å². The van der Waals surface area contributed by atoms with Crippen LogP contribution in [0.2, 0.25) is 0 Å². The standard InChI is InChI=1S/C19H29Br/c1-19(2,3)17-12-10-16(11-13-17)18(20)14-15-8-6-4-5-7-9-15/h10-13,15,18H,4-9,14H2,1-3H3. The van der Waals surface area contributed by atoms with Crippen LogP contribution in [0.3, 0.4) is 0 Å². The van der Waals surface area contributed by atoms with E-state index in [4.69, 9.17) is 0 Å². The summed E-state index contributed by atoms with van der Waals surface area (Å²) < 4.78 is 0. The zero-order valence-corrected chi connectivity index (χ0v) is 14.9. The predicted molar refractivity (Wildman–Crippen MR) is 92.6 cm³/mol. The summed E-state index contributed by atoms with van der Waals surface area (Å²) in [6.45, 7) is 6.83. The van der Waals surface area contributed by atoms with E-state index in [-0.39, 0.29) is 5.41 Å². The van der Waals surface area contributed by atoms with Gasteiger partial charge >= 0.3 is 0 Å². The number of hydrogen-bond donors (Lipinski definition) is 0. The third-order valence-corrected chi connectivity index (χ3v) is 5.56. The second-order valence-electron chi connectivity index (χ2n) is 7.43. The van der Waals surface area contributed by atoms with E-state index in [0.717, 1.165) is 5.92 Å². The van der Waals surface area contributed by atoms with Crippen molar-refractivity contribution in [1.29, 1.82) is 0 Å². The summed E-state index contributed by atoms with van der Waals surface area (Å²) >= 11 is 3.92. The van der Waals surface area contributed by atoms with Gasteiger partial charge in [-0.25, -0.2) is 0 Å². The highest BCUT2D eigenvalue weighted by atomic mass is 79.9. The first-order valence-corrected chi connectivity index (χ1v) is 9.13. The monoisotopic (exact) mass is 336 g/mol. The van der Waals surface area contributed by atoms with Gasteiger partial charge in [0.1, 0.15) is 0 Å². The highest BCUT2D eigenvalue weighted by Crippen LogP contribution is 2.36. The van der Waals surface area contributed by atoms with Gasteiger partial charge in [0.15, 0.2) is 0 Å². The smallest absolute Gasteiger partial charge is 0.0397 e. The average Bonchev–Trinajstić information content (AvgIpc) is 2.66. The first-order chi connectivity index (χ1) is 9.47. The van der Waals surface area contributed by atoms with Crippen molar-refractivity contribution in [3.8, 4) is 0 Å². The lowest BCUT2D eigenvalue weighted by atomic mass is 9.86. The van der Waals surface area contributed by atoms with Gasteiger partial charge in [-0.05, 0) is 28.9 Å². The first-order valence-electron chi connectivity index (χ1n) is 8.21. The van der Waals surface area contributed by atoms with Gasteiger partial charge in [0.2, 0.25) is 0 Å². The third-order valence-electron chi connectivity index (χ3n) is 4.65. The number of rotatable bonds is 3. The van der Waals surface area contributed by atoms with Crippen molar-refractivity contribution in [1.82, 2.24) is 0 Å². The number of alkyl halides is 1. The maximum atomic E-state index is 3.92. The molecular formula is C19H29Br. The Morgan fingerprint density at radius 1 is 1.00 bits per heavy atom. The Balaban J connectivity index is 1.96. The zero-order valence-electron chi connectivity index (χ0n) is 13.3. The minimum Gasteiger partial charge on any atom is -0.0839 e. The summed E-state index contributed by atoms with van der Waals surface area (Å²) in [5, 5.41) is 0. The molecule has 1 fully saturated rings. The largest absolute Gasteiger partial charge is 0.0839 e. The molecule has 0 nitrogen and oxygen atoms in total. The maximum Gasteiger partial charge on any atom is 0.0397 e. The van der Waals surface area contributed by atoms with E-state index in [0.29, 0.717) is 4.83 Å². The Morgan fingerprint density at radius 2 is 1.55 bits per heavy atom. The van der Waals surface area contributed by atoms with Crippen molar-refractivity contribution < 1.29 is 0 Å². The number of benzene rings is 1. The van der Waals surface area contributed by atoms with Crippen LogP contribution in [-0.4, -0.2) is 0 Å². The van der Waals surface area contributed by atoms with Crippen LogP contribution in [0.25, 0.3) is 0 Å². The highest BCUT2D eigenvalue weighted by Gasteiger charge is 2.18. The molecule has 1 atom stereocenters. The molecule has 0 bridgehead atoms. The first kappa shape index (κ1) is 16.1. The van der Waals surface area contributed by atoms with Crippen LogP contribution in [0.4, 0.5) is 0 Å². The van der Waals surface area contributed by atoms with Gasteiger partial charge in [0.25, 0.3) is 0 Å². The predicted octanol–water partition coefficient (Wildman–Crippen LogP) is 6.78. The molecule has 1 heteroatoms. The van der Waals surface area contributed by atoms with Gasteiger partial charge in [-0.15, -0.1) is 0 Å². The van der Waals surface area contributed by atoms with Gasteiger partial charge < -0.3 is 0 Å². The topological polar surface area (TPSA) is 0 Å². The van der Waals surface area contributed by atoms with Gasteiger partial charge in [-0.1, -0.05) is 99.5 Å². The Morgan fingerprint density at radius 3 is 2.05 bits per heavy atom. The van der Waals surface area contributed by atoms with Crippen LogP contribution < -0.4 is 0 Å². The van der Waals surface area contributed by atoms with E-state index in [1.165, 1.54) is 56.1 Å². The molecule has 112 valence electrons. The molecule has 0 aliphatic heterocycles. The minimum atomic E-state index is 0.252. The lowest BCUT2D eigenvalue weighted by Crippen LogP contribution is -2.11. The second-order valence-corrected chi connectivity index (χ2v) is 8.54. The maximum absolute atomic E-state index is 3.92. The third kappa shape index (κ3) is 4.62. The van der Waals surface area contributed by atoms with Gasteiger partial charge in [-0.2, -0.15) is 0 Å². The fourth-order valence-corrected chi connectivity index (χ4v) is 4.05. The van der Waals surface area contributed by atoms with Crippen LogP contribution in [0.1, 0.15) is 81.7 Å². The van der Waals surface area contributed by atoms with Crippen LogP contribution >= 0.6 is 15.9 Å². The SMILES string of the molecule is CC(C)(C)c1ccc(C(Br)CC2CCCCCC2)cc1. The second kappa shape index (κ2) is 7.11. The van der Waals surface area contributed by atoms with Crippen LogP contribution in [0.15, 0.2) is 24.3 Å². The Labute approximate surface area is 133 Å². The van der Waals surface area contributed by atoms with E-state index in [1.807, 2.05) is 0 Å². The average molecular weight is 337 g/mol. The minimum absolute atomic E-state index is 0.252. The molecule has 1 aromatic rings. The van der Waals surface area contributed by atoms with Gasteiger partial charge in [0.05, 0.1) is 0 Å². The summed E-state index contributed by atoms with van der Waals surface area (Å²) in [4.78, 5) is 0.527. The van der Waals surface area contributed by atoms with Crippen molar-refractivity contribution in [2.75, 3.05) is 0 Å². The molecule has 0 amide bonds. The van der Waals surface area contributed by atoms with Crippen LogP contribution in [0.5, 0.6) is 0 Å². The fourth-order valence-electron chi connectivity index (χ4n) is 3.22. The van der Waals surface area contributed by atoms with E-state index in [1.54, 1.807) is 0 Å². The molecule has 0 radical (unpaired) electrons. The summed E-state index contributed by atoms with van der Waals surface area (Å²) in [6, 6.07) is 9.24. The lowest BCUT2D eigenvalue weighted by molar-refractivity contribution is 0.427. The quantitative estimate of drug-likeness (QED) is 0.421. The molecule has 0 spiro atoms. The molecule has 0 heterocycles. The molecule has 20 heavy (non-hydrogen) atoms. The Bertz CT molecular complexity index is 391. The molecule has 0 N–H and O–H groups in total.